The molecule has 7 heteroatoms. The zero-order valence-electron chi connectivity index (χ0n) is 9.08. The summed E-state index contributed by atoms with van der Waals surface area (Å²) in [6.07, 6.45) is -2.48. The van der Waals surface area contributed by atoms with Gasteiger partial charge in [-0.05, 0) is 6.07 Å². The average molecular weight is 259 g/mol. The second-order valence-corrected chi connectivity index (χ2v) is 3.69. The third kappa shape index (κ3) is 2.49. The third-order valence-electron chi connectivity index (χ3n) is 2.38. The summed E-state index contributed by atoms with van der Waals surface area (Å²) in [4.78, 5) is 0. The highest BCUT2D eigenvalue weighted by Crippen LogP contribution is 2.25. The molecule has 1 aromatic carbocycles. The maximum atomic E-state index is 12.8. The molecular weight excluding hydrogens is 250 g/mol. The van der Waals surface area contributed by atoms with Crippen LogP contribution in [0.4, 0.5) is 23.2 Å². The van der Waals surface area contributed by atoms with E-state index < -0.39 is 18.9 Å². The summed E-state index contributed by atoms with van der Waals surface area (Å²) in [6, 6.07) is 6.71. The van der Waals surface area contributed by atoms with E-state index in [4.69, 9.17) is 0 Å². The first-order valence-electron chi connectivity index (χ1n) is 5.11. The molecule has 0 aliphatic carbocycles. The van der Waals surface area contributed by atoms with Gasteiger partial charge in [0.1, 0.15) is 0 Å². The Labute approximate surface area is 99.8 Å². The van der Waals surface area contributed by atoms with Crippen LogP contribution in [-0.2, 0) is 0 Å². The number of rotatable bonds is 4. The van der Waals surface area contributed by atoms with Gasteiger partial charge in [0.2, 0.25) is 0 Å². The van der Waals surface area contributed by atoms with E-state index in [0.717, 1.165) is 0 Å². The number of aromatic nitrogens is 2. The molecular formula is C11H9F4N3. The number of hydrogen-bond donors (Lipinski definition) is 1. The van der Waals surface area contributed by atoms with Gasteiger partial charge in [-0.1, -0.05) is 18.2 Å². The molecule has 0 bridgehead atoms. The van der Waals surface area contributed by atoms with Gasteiger partial charge < -0.3 is 5.32 Å². The normalized spacial score (nSPS) is 12.1. The first kappa shape index (κ1) is 12.5. The fourth-order valence-corrected chi connectivity index (χ4v) is 1.44. The predicted octanol–water partition coefficient (Wildman–Crippen LogP) is 2.94. The molecule has 0 saturated carbocycles. The number of hydrogen-bond acceptors (Lipinski definition) is 3. The highest BCUT2D eigenvalue weighted by molar-refractivity contribution is 5.90. The van der Waals surface area contributed by atoms with Crippen molar-refractivity contribution in [3.05, 3.63) is 30.5 Å². The maximum absolute atomic E-state index is 12.8. The van der Waals surface area contributed by atoms with Gasteiger partial charge in [-0.2, -0.15) is 19.0 Å². The first-order chi connectivity index (χ1) is 8.50. The van der Waals surface area contributed by atoms with Crippen LogP contribution in [0.5, 0.6) is 0 Å². The molecule has 0 amide bonds. The Hall–Kier alpha value is -1.92. The standard InChI is InChI=1S/C11H9F4N3/c12-10(13)11(14,15)6-16-9-5-17-18-8-4-2-1-3-7(8)9/h1-5,10H,6H2,(H,16,18). The van der Waals surface area contributed by atoms with Gasteiger partial charge >= 0.3 is 12.3 Å². The third-order valence-corrected chi connectivity index (χ3v) is 2.38. The molecule has 0 saturated heterocycles. The van der Waals surface area contributed by atoms with Crippen molar-refractivity contribution in [3.8, 4) is 0 Å². The summed E-state index contributed by atoms with van der Waals surface area (Å²) in [7, 11) is 0. The quantitative estimate of drug-likeness (QED) is 0.858. The molecule has 1 heterocycles. The van der Waals surface area contributed by atoms with Crippen LogP contribution >= 0.6 is 0 Å². The molecule has 2 aromatic rings. The van der Waals surface area contributed by atoms with Gasteiger partial charge in [0.05, 0.1) is 23.9 Å². The van der Waals surface area contributed by atoms with Crippen LogP contribution in [0.3, 0.4) is 0 Å². The summed E-state index contributed by atoms with van der Waals surface area (Å²) in [5.74, 6) is -4.08. The summed E-state index contributed by atoms with van der Waals surface area (Å²) in [5.41, 5.74) is 0.754. The van der Waals surface area contributed by atoms with E-state index in [0.29, 0.717) is 10.9 Å². The van der Waals surface area contributed by atoms with Crippen molar-refractivity contribution in [2.45, 2.75) is 12.3 Å². The lowest BCUT2D eigenvalue weighted by Gasteiger charge is -2.17. The largest absolute Gasteiger partial charge is 0.377 e. The summed E-state index contributed by atoms with van der Waals surface area (Å²) in [6.45, 7) is -1.15. The van der Waals surface area contributed by atoms with Gasteiger partial charge in [-0.3, -0.25) is 0 Å². The SMILES string of the molecule is FC(F)C(F)(F)CNc1cnnc2ccccc12. The Balaban J connectivity index is 2.22. The monoisotopic (exact) mass is 259 g/mol. The molecule has 18 heavy (non-hydrogen) atoms. The van der Waals surface area contributed by atoms with Gasteiger partial charge in [0, 0.05) is 5.39 Å². The number of fused-ring (bicyclic) bond motifs is 1. The van der Waals surface area contributed by atoms with E-state index in [1.807, 2.05) is 0 Å². The highest BCUT2D eigenvalue weighted by atomic mass is 19.3. The molecule has 0 unspecified atom stereocenters. The van der Waals surface area contributed by atoms with E-state index in [1.165, 1.54) is 6.20 Å². The number of benzene rings is 1. The fraction of sp³-hybridized carbons (Fsp3) is 0.273. The Kier molecular flexibility index (Phi) is 3.31. The molecule has 96 valence electrons. The predicted molar refractivity (Wildman–Crippen MR) is 59.0 cm³/mol. The Morgan fingerprint density at radius 1 is 1.22 bits per heavy atom. The molecule has 0 atom stereocenters. The van der Waals surface area contributed by atoms with E-state index in [9.17, 15) is 17.6 Å². The summed E-state index contributed by atoms with van der Waals surface area (Å²) < 4.78 is 49.6. The Morgan fingerprint density at radius 3 is 2.67 bits per heavy atom. The van der Waals surface area contributed by atoms with Crippen LogP contribution in [0.1, 0.15) is 0 Å². The van der Waals surface area contributed by atoms with Crippen LogP contribution in [0.15, 0.2) is 30.5 Å². The van der Waals surface area contributed by atoms with Crippen molar-refractivity contribution in [1.82, 2.24) is 10.2 Å². The van der Waals surface area contributed by atoms with Gasteiger partial charge in [-0.15, -0.1) is 0 Å². The minimum Gasteiger partial charge on any atom is -0.377 e. The lowest BCUT2D eigenvalue weighted by Crippen LogP contribution is -2.34. The lowest BCUT2D eigenvalue weighted by molar-refractivity contribution is -0.117. The average Bonchev–Trinajstić information content (AvgIpc) is 2.36. The van der Waals surface area contributed by atoms with Crippen molar-refractivity contribution in [2.75, 3.05) is 11.9 Å². The molecule has 2 rings (SSSR count). The minimum absolute atomic E-state index is 0.251. The van der Waals surface area contributed by atoms with E-state index in [1.54, 1.807) is 24.3 Å². The van der Waals surface area contributed by atoms with Crippen LogP contribution in [0, 0.1) is 0 Å². The van der Waals surface area contributed by atoms with E-state index >= 15 is 0 Å². The topological polar surface area (TPSA) is 37.8 Å². The van der Waals surface area contributed by atoms with Crippen molar-refractivity contribution >= 4 is 16.6 Å². The second-order valence-electron chi connectivity index (χ2n) is 3.69. The van der Waals surface area contributed by atoms with Crippen LogP contribution in [-0.4, -0.2) is 29.1 Å². The van der Waals surface area contributed by atoms with Crippen molar-refractivity contribution < 1.29 is 17.6 Å². The lowest BCUT2D eigenvalue weighted by atomic mass is 10.2. The molecule has 0 radical (unpaired) electrons. The molecule has 0 aliphatic heterocycles. The van der Waals surface area contributed by atoms with Crippen LogP contribution in [0.2, 0.25) is 0 Å². The molecule has 0 aliphatic rings. The molecule has 0 fully saturated rings. The smallest absolute Gasteiger partial charge is 0.324 e. The summed E-state index contributed by atoms with van der Waals surface area (Å²) in [5, 5.41) is 10.2. The van der Waals surface area contributed by atoms with E-state index in [-0.39, 0.29) is 5.69 Å². The van der Waals surface area contributed by atoms with Gasteiger partial charge in [-0.25, -0.2) is 8.78 Å². The van der Waals surface area contributed by atoms with E-state index in [2.05, 4.69) is 15.5 Å². The van der Waals surface area contributed by atoms with Gasteiger partial charge in [0.15, 0.2) is 0 Å². The molecule has 0 spiro atoms. The second kappa shape index (κ2) is 4.75. The summed E-state index contributed by atoms with van der Waals surface area (Å²) >= 11 is 0. The fourth-order valence-electron chi connectivity index (χ4n) is 1.44. The van der Waals surface area contributed by atoms with Gasteiger partial charge in [0.25, 0.3) is 0 Å². The number of anilines is 1. The van der Waals surface area contributed by atoms with Crippen molar-refractivity contribution in [1.29, 1.82) is 0 Å². The number of nitrogens with one attached hydrogen (secondary N) is 1. The zero-order valence-corrected chi connectivity index (χ0v) is 9.08. The van der Waals surface area contributed by atoms with Crippen molar-refractivity contribution in [2.24, 2.45) is 0 Å². The molecule has 1 aromatic heterocycles. The van der Waals surface area contributed by atoms with Crippen molar-refractivity contribution in [3.63, 3.8) is 0 Å². The minimum atomic E-state index is -4.08. The highest BCUT2D eigenvalue weighted by Gasteiger charge is 2.40. The first-order valence-corrected chi connectivity index (χ1v) is 5.11. The molecule has 1 N–H and O–H groups in total. The molecule has 3 nitrogen and oxygen atoms in total. The zero-order chi connectivity index (χ0) is 13.2. The Morgan fingerprint density at radius 2 is 1.94 bits per heavy atom. The number of alkyl halides is 4. The Bertz CT molecular complexity index is 539. The van der Waals surface area contributed by atoms with Crippen LogP contribution in [0.25, 0.3) is 10.9 Å². The van der Waals surface area contributed by atoms with Crippen LogP contribution < -0.4 is 5.32 Å². The maximum Gasteiger partial charge on any atom is 0.324 e. The number of halogens is 4. The number of nitrogens with zero attached hydrogens (tertiary/aromatic N) is 2.